The largest absolute Gasteiger partial charge is 0.485 e. The molecule has 0 N–H and O–H groups in total. The molecule has 0 saturated carbocycles. The molecule has 0 fully saturated rings. The van der Waals surface area contributed by atoms with Crippen LogP contribution in [-0.2, 0) is 22.5 Å². The van der Waals surface area contributed by atoms with E-state index < -0.39 is 11.8 Å². The van der Waals surface area contributed by atoms with Crippen molar-refractivity contribution in [2.45, 2.75) is 32.9 Å². The fraction of sp³-hybridized carbons (Fsp3) is 0.286. The van der Waals surface area contributed by atoms with Gasteiger partial charge in [-0.05, 0) is 43.7 Å². The Kier molecular flexibility index (Phi) is 5.74. The van der Waals surface area contributed by atoms with E-state index in [1.165, 1.54) is 7.11 Å². The highest BCUT2D eigenvalue weighted by Gasteiger charge is 2.30. The van der Waals surface area contributed by atoms with Gasteiger partial charge in [-0.2, -0.15) is 5.10 Å². The highest BCUT2D eigenvalue weighted by atomic mass is 19.1. The second-order valence-corrected chi connectivity index (χ2v) is 9.38. The van der Waals surface area contributed by atoms with E-state index in [4.69, 9.17) is 9.47 Å². The predicted octanol–water partition coefficient (Wildman–Crippen LogP) is 4.07. The number of hydrogen-bond acceptors (Lipinski definition) is 6. The van der Waals surface area contributed by atoms with Crippen LogP contribution in [0.25, 0.3) is 23.0 Å². The number of esters is 1. The first kappa shape index (κ1) is 23.9. The summed E-state index contributed by atoms with van der Waals surface area (Å²) in [6.45, 7) is 5.22. The molecule has 0 bridgehead atoms. The molecule has 4 aromatic rings. The Balaban J connectivity index is 1.36. The van der Waals surface area contributed by atoms with Crippen LogP contribution in [0.3, 0.4) is 0 Å². The molecule has 0 saturated heterocycles. The SMILES string of the molecule is CCc1cc(C(=O)N2CCn3cccc3C2C)nc2cc(-c3ccc4c(c3F)OCC(C(=O)OC)=C4)nn12. The molecule has 1 amide bonds. The van der Waals surface area contributed by atoms with Gasteiger partial charge in [-0.1, -0.05) is 13.0 Å². The predicted molar refractivity (Wildman–Crippen MR) is 137 cm³/mol. The van der Waals surface area contributed by atoms with Gasteiger partial charge >= 0.3 is 5.97 Å². The number of aromatic nitrogens is 4. The summed E-state index contributed by atoms with van der Waals surface area (Å²) in [5, 5.41) is 4.61. The van der Waals surface area contributed by atoms with Crippen molar-refractivity contribution in [3.8, 4) is 17.0 Å². The summed E-state index contributed by atoms with van der Waals surface area (Å²) in [4.78, 5) is 31.8. The molecule has 0 spiro atoms. The number of rotatable bonds is 4. The van der Waals surface area contributed by atoms with Crippen molar-refractivity contribution in [2.75, 3.05) is 20.3 Å². The summed E-state index contributed by atoms with van der Waals surface area (Å²) in [5.74, 6) is -1.19. The van der Waals surface area contributed by atoms with Gasteiger partial charge in [-0.3, -0.25) is 4.79 Å². The molecule has 10 heteroatoms. The molecule has 194 valence electrons. The van der Waals surface area contributed by atoms with Crippen LogP contribution in [-0.4, -0.2) is 56.2 Å². The first-order chi connectivity index (χ1) is 18.4. The zero-order valence-electron chi connectivity index (χ0n) is 21.3. The maximum absolute atomic E-state index is 15.5. The molecular weight excluding hydrogens is 489 g/mol. The number of halogens is 1. The number of methoxy groups -OCH3 is 1. The Hall–Kier alpha value is -4.47. The monoisotopic (exact) mass is 515 g/mol. The van der Waals surface area contributed by atoms with Crippen LogP contribution >= 0.6 is 0 Å². The fourth-order valence-electron chi connectivity index (χ4n) is 5.19. The normalized spacial score (nSPS) is 16.5. The van der Waals surface area contributed by atoms with Crippen molar-refractivity contribution in [1.82, 2.24) is 24.1 Å². The summed E-state index contributed by atoms with van der Waals surface area (Å²) < 4.78 is 29.7. The number of carbonyl (C=O) groups excluding carboxylic acids is 2. The Morgan fingerprint density at radius 3 is 2.84 bits per heavy atom. The van der Waals surface area contributed by atoms with Crippen LogP contribution < -0.4 is 4.74 Å². The van der Waals surface area contributed by atoms with Crippen LogP contribution in [0.1, 0.15) is 47.3 Å². The number of carbonyl (C=O) groups is 2. The van der Waals surface area contributed by atoms with Crippen LogP contribution in [0.2, 0.25) is 0 Å². The van der Waals surface area contributed by atoms with Gasteiger partial charge < -0.3 is 18.9 Å². The number of benzene rings is 1. The zero-order valence-corrected chi connectivity index (χ0v) is 21.3. The van der Waals surface area contributed by atoms with Crippen LogP contribution in [0.15, 0.2) is 48.2 Å². The first-order valence-corrected chi connectivity index (χ1v) is 12.5. The summed E-state index contributed by atoms with van der Waals surface area (Å²) in [6, 6.07) is 10.7. The van der Waals surface area contributed by atoms with Gasteiger partial charge in [0, 0.05) is 47.9 Å². The molecule has 0 radical (unpaired) electrons. The standard InChI is InChI=1S/C28H26FN5O4/c1-4-19-13-22(27(35)33-11-10-32-9-5-6-23(32)16(33)2)30-24-14-21(31-34(19)24)20-8-7-17-12-18(28(36)37-3)15-38-26(17)25(20)29/h5-9,12-14,16H,4,10-11,15H2,1-3H3. The molecule has 0 aliphatic carbocycles. The number of aryl methyl sites for hydroxylation is 1. The molecule has 9 nitrogen and oxygen atoms in total. The summed E-state index contributed by atoms with van der Waals surface area (Å²) in [5.41, 5.74) is 4.04. The minimum atomic E-state index is -0.578. The Labute approximate surface area is 218 Å². The Bertz CT molecular complexity index is 1640. The van der Waals surface area contributed by atoms with E-state index in [1.54, 1.807) is 34.9 Å². The van der Waals surface area contributed by atoms with E-state index in [0.29, 0.717) is 41.1 Å². The maximum atomic E-state index is 15.5. The van der Waals surface area contributed by atoms with Gasteiger partial charge in [0.2, 0.25) is 0 Å². The lowest BCUT2D eigenvalue weighted by molar-refractivity contribution is -0.136. The number of hydrogen-bond donors (Lipinski definition) is 0. The third-order valence-corrected chi connectivity index (χ3v) is 7.24. The summed E-state index contributed by atoms with van der Waals surface area (Å²) >= 11 is 0. The molecule has 2 aliphatic rings. The number of ether oxygens (including phenoxy) is 2. The highest BCUT2D eigenvalue weighted by molar-refractivity contribution is 5.95. The number of amides is 1. The Morgan fingerprint density at radius 1 is 1.21 bits per heavy atom. The number of nitrogens with zero attached hydrogens (tertiary/aromatic N) is 5. The highest BCUT2D eigenvalue weighted by Crippen LogP contribution is 2.36. The van der Waals surface area contributed by atoms with Crippen molar-refractivity contribution >= 4 is 23.6 Å². The zero-order chi connectivity index (χ0) is 26.6. The van der Waals surface area contributed by atoms with E-state index in [2.05, 4.69) is 14.6 Å². The smallest absolute Gasteiger partial charge is 0.337 e. The minimum Gasteiger partial charge on any atom is -0.485 e. The molecule has 1 aromatic carbocycles. The van der Waals surface area contributed by atoms with E-state index in [0.717, 1.165) is 17.9 Å². The minimum absolute atomic E-state index is 0.0515. The average Bonchev–Trinajstić information content (AvgIpc) is 3.59. The molecule has 1 atom stereocenters. The lowest BCUT2D eigenvalue weighted by Gasteiger charge is -2.34. The lowest BCUT2D eigenvalue weighted by Crippen LogP contribution is -2.41. The molecule has 6 rings (SSSR count). The van der Waals surface area contributed by atoms with Gasteiger partial charge in [0.05, 0.1) is 24.4 Å². The summed E-state index contributed by atoms with van der Waals surface area (Å²) in [7, 11) is 1.29. The van der Waals surface area contributed by atoms with Gasteiger partial charge in [-0.15, -0.1) is 0 Å². The molecule has 2 aliphatic heterocycles. The van der Waals surface area contributed by atoms with Crippen LogP contribution in [0.4, 0.5) is 4.39 Å². The maximum Gasteiger partial charge on any atom is 0.337 e. The second-order valence-electron chi connectivity index (χ2n) is 9.38. The Morgan fingerprint density at radius 2 is 2.05 bits per heavy atom. The van der Waals surface area contributed by atoms with E-state index in [9.17, 15) is 9.59 Å². The van der Waals surface area contributed by atoms with Gasteiger partial charge in [0.15, 0.2) is 17.2 Å². The van der Waals surface area contributed by atoms with Crippen molar-refractivity contribution in [3.63, 3.8) is 0 Å². The van der Waals surface area contributed by atoms with Crippen molar-refractivity contribution < 1.29 is 23.5 Å². The van der Waals surface area contributed by atoms with Crippen LogP contribution in [0.5, 0.6) is 5.75 Å². The molecular formula is C28H26FN5O4. The van der Waals surface area contributed by atoms with Crippen molar-refractivity contribution in [3.05, 3.63) is 76.6 Å². The molecule has 5 heterocycles. The van der Waals surface area contributed by atoms with E-state index >= 15 is 4.39 Å². The number of fused-ring (bicyclic) bond motifs is 3. The van der Waals surface area contributed by atoms with Crippen molar-refractivity contribution in [1.29, 1.82) is 0 Å². The van der Waals surface area contributed by atoms with E-state index in [-0.39, 0.29) is 29.9 Å². The fourth-order valence-corrected chi connectivity index (χ4v) is 5.19. The molecule has 3 aromatic heterocycles. The molecule has 1 unspecified atom stereocenters. The van der Waals surface area contributed by atoms with Gasteiger partial charge in [-0.25, -0.2) is 18.7 Å². The second kappa shape index (κ2) is 9.13. The topological polar surface area (TPSA) is 91.0 Å². The quantitative estimate of drug-likeness (QED) is 0.381. The first-order valence-electron chi connectivity index (χ1n) is 12.5. The van der Waals surface area contributed by atoms with Gasteiger partial charge in [0.25, 0.3) is 5.91 Å². The third-order valence-electron chi connectivity index (χ3n) is 7.24. The van der Waals surface area contributed by atoms with Crippen molar-refractivity contribution in [2.24, 2.45) is 0 Å². The lowest BCUT2D eigenvalue weighted by atomic mass is 10.0. The molecule has 38 heavy (non-hydrogen) atoms. The van der Waals surface area contributed by atoms with Gasteiger partial charge in [0.1, 0.15) is 12.3 Å². The van der Waals surface area contributed by atoms with Crippen LogP contribution in [0, 0.1) is 5.82 Å². The van der Waals surface area contributed by atoms with E-state index in [1.807, 2.05) is 37.1 Å². The summed E-state index contributed by atoms with van der Waals surface area (Å²) in [6.07, 6.45) is 4.20. The average molecular weight is 516 g/mol. The third kappa shape index (κ3) is 3.75.